The summed E-state index contributed by atoms with van der Waals surface area (Å²) in [7, 11) is 3.48. The zero-order valence-corrected chi connectivity index (χ0v) is 17.4. The molecule has 29 heavy (non-hydrogen) atoms. The molecular formula is C21H21N5O2S. The molecule has 0 aliphatic carbocycles. The number of carbonyl (C=O) groups excluding carboxylic acids is 1. The standard InChI is InChI=1S/C21H21N5O2S/c1-13-16(12-22)29-20-17(13)19(26-10-8-25(2)9-11-26)23-18(24-20)14-4-6-15(7-5-14)21(27)28-3/h4-7H,8-11H2,1-3H3. The van der Waals surface area contributed by atoms with Crippen LogP contribution in [0.2, 0.25) is 0 Å². The molecule has 0 bridgehead atoms. The number of ether oxygens (including phenoxy) is 1. The van der Waals surface area contributed by atoms with Crippen LogP contribution in [0.4, 0.5) is 5.82 Å². The van der Waals surface area contributed by atoms with Gasteiger partial charge in [-0.1, -0.05) is 12.1 Å². The molecule has 0 atom stereocenters. The number of esters is 1. The molecule has 2 aromatic heterocycles. The Morgan fingerprint density at radius 3 is 2.48 bits per heavy atom. The van der Waals surface area contributed by atoms with Crippen LogP contribution < -0.4 is 4.90 Å². The Morgan fingerprint density at radius 2 is 1.86 bits per heavy atom. The Hall–Kier alpha value is -3.02. The van der Waals surface area contributed by atoms with Gasteiger partial charge in [-0.25, -0.2) is 14.8 Å². The number of piperazine rings is 1. The fraction of sp³-hybridized carbons (Fsp3) is 0.333. The lowest BCUT2D eigenvalue weighted by atomic mass is 10.1. The van der Waals surface area contributed by atoms with Crippen LogP contribution in [0.15, 0.2) is 24.3 Å². The second kappa shape index (κ2) is 7.78. The monoisotopic (exact) mass is 407 g/mol. The molecule has 0 saturated carbocycles. The summed E-state index contributed by atoms with van der Waals surface area (Å²) in [6.07, 6.45) is 0. The molecule has 0 unspecified atom stereocenters. The second-order valence-electron chi connectivity index (χ2n) is 7.08. The zero-order chi connectivity index (χ0) is 20.5. The van der Waals surface area contributed by atoms with Gasteiger partial charge in [0.1, 0.15) is 21.6 Å². The van der Waals surface area contributed by atoms with Gasteiger partial charge in [0.05, 0.1) is 18.1 Å². The molecule has 1 saturated heterocycles. The van der Waals surface area contributed by atoms with Gasteiger partial charge in [-0.2, -0.15) is 5.26 Å². The van der Waals surface area contributed by atoms with E-state index in [9.17, 15) is 10.1 Å². The van der Waals surface area contributed by atoms with E-state index in [2.05, 4.69) is 22.9 Å². The van der Waals surface area contributed by atoms with E-state index in [-0.39, 0.29) is 5.97 Å². The topological polar surface area (TPSA) is 82.4 Å². The number of hydrogen-bond acceptors (Lipinski definition) is 8. The number of hydrogen-bond donors (Lipinski definition) is 0. The number of likely N-dealkylation sites (N-methyl/N-ethyl adjacent to an activating group) is 1. The number of benzene rings is 1. The van der Waals surface area contributed by atoms with Crippen molar-refractivity contribution < 1.29 is 9.53 Å². The third-order valence-corrected chi connectivity index (χ3v) is 6.33. The summed E-state index contributed by atoms with van der Waals surface area (Å²) in [4.78, 5) is 27.4. The number of carbonyl (C=O) groups is 1. The van der Waals surface area contributed by atoms with Crippen LogP contribution in [0.1, 0.15) is 20.8 Å². The molecule has 1 fully saturated rings. The highest BCUT2D eigenvalue weighted by atomic mass is 32.1. The first kappa shape index (κ1) is 19.3. The molecule has 1 aromatic carbocycles. The van der Waals surface area contributed by atoms with Gasteiger partial charge in [-0.3, -0.25) is 0 Å². The lowest BCUT2D eigenvalue weighted by Gasteiger charge is -2.33. The largest absolute Gasteiger partial charge is 0.465 e. The van der Waals surface area contributed by atoms with Crippen molar-refractivity contribution in [2.24, 2.45) is 0 Å². The van der Waals surface area contributed by atoms with E-state index in [1.165, 1.54) is 18.4 Å². The first-order valence-corrected chi connectivity index (χ1v) is 10.2. The Balaban J connectivity index is 1.83. The minimum Gasteiger partial charge on any atom is -0.465 e. The van der Waals surface area contributed by atoms with Crippen LogP contribution >= 0.6 is 11.3 Å². The zero-order valence-electron chi connectivity index (χ0n) is 16.6. The average molecular weight is 407 g/mol. The molecule has 1 aliphatic heterocycles. The highest BCUT2D eigenvalue weighted by molar-refractivity contribution is 7.19. The number of rotatable bonds is 3. The van der Waals surface area contributed by atoms with Crippen molar-refractivity contribution in [2.75, 3.05) is 45.2 Å². The van der Waals surface area contributed by atoms with Crippen molar-refractivity contribution in [3.05, 3.63) is 40.3 Å². The quantitative estimate of drug-likeness (QED) is 0.617. The normalized spacial score (nSPS) is 14.8. The van der Waals surface area contributed by atoms with Crippen molar-refractivity contribution >= 4 is 33.3 Å². The highest BCUT2D eigenvalue weighted by Crippen LogP contribution is 2.37. The summed E-state index contributed by atoms with van der Waals surface area (Å²) in [5.41, 5.74) is 2.24. The van der Waals surface area contributed by atoms with Crippen molar-refractivity contribution in [1.29, 1.82) is 5.26 Å². The van der Waals surface area contributed by atoms with E-state index in [0.717, 1.165) is 53.3 Å². The third kappa shape index (κ3) is 3.55. The van der Waals surface area contributed by atoms with Gasteiger partial charge in [0.25, 0.3) is 0 Å². The maximum atomic E-state index is 11.7. The Bertz CT molecular complexity index is 1110. The van der Waals surface area contributed by atoms with Gasteiger partial charge in [0.15, 0.2) is 5.82 Å². The van der Waals surface area contributed by atoms with Gasteiger partial charge < -0.3 is 14.5 Å². The van der Waals surface area contributed by atoms with Gasteiger partial charge in [0.2, 0.25) is 0 Å². The van der Waals surface area contributed by atoms with Gasteiger partial charge in [-0.05, 0) is 31.7 Å². The van der Waals surface area contributed by atoms with Gasteiger partial charge in [0, 0.05) is 31.7 Å². The van der Waals surface area contributed by atoms with Crippen molar-refractivity contribution in [3.8, 4) is 17.5 Å². The van der Waals surface area contributed by atoms with E-state index >= 15 is 0 Å². The summed E-state index contributed by atoms with van der Waals surface area (Å²) in [6, 6.07) is 9.36. The summed E-state index contributed by atoms with van der Waals surface area (Å²) in [6.45, 7) is 5.64. The number of methoxy groups -OCH3 is 1. The lowest BCUT2D eigenvalue weighted by molar-refractivity contribution is 0.0601. The molecule has 0 N–H and O–H groups in total. The molecule has 0 radical (unpaired) electrons. The van der Waals surface area contributed by atoms with E-state index < -0.39 is 0 Å². The predicted molar refractivity (Wildman–Crippen MR) is 113 cm³/mol. The minimum absolute atomic E-state index is 0.376. The number of anilines is 1. The molecule has 0 spiro atoms. The van der Waals surface area contributed by atoms with Gasteiger partial charge >= 0.3 is 5.97 Å². The maximum Gasteiger partial charge on any atom is 0.337 e. The number of fused-ring (bicyclic) bond motifs is 1. The molecule has 1 aliphatic rings. The van der Waals surface area contributed by atoms with E-state index in [1.54, 1.807) is 12.1 Å². The molecule has 0 amide bonds. The lowest BCUT2D eigenvalue weighted by Crippen LogP contribution is -2.45. The summed E-state index contributed by atoms with van der Waals surface area (Å²) < 4.78 is 4.77. The average Bonchev–Trinajstić information content (AvgIpc) is 3.09. The van der Waals surface area contributed by atoms with Crippen molar-refractivity contribution in [2.45, 2.75) is 6.92 Å². The summed E-state index contributed by atoms with van der Waals surface area (Å²) in [5.74, 6) is 1.09. The van der Waals surface area contributed by atoms with Crippen LogP contribution in [-0.2, 0) is 4.74 Å². The number of aromatic nitrogens is 2. The van der Waals surface area contributed by atoms with Crippen LogP contribution in [0, 0.1) is 18.3 Å². The molecule has 3 aromatic rings. The van der Waals surface area contributed by atoms with Crippen LogP contribution in [0.5, 0.6) is 0 Å². The number of thiophene rings is 1. The minimum atomic E-state index is -0.376. The smallest absolute Gasteiger partial charge is 0.337 e. The third-order valence-electron chi connectivity index (χ3n) is 5.24. The highest BCUT2D eigenvalue weighted by Gasteiger charge is 2.23. The summed E-state index contributed by atoms with van der Waals surface area (Å²) in [5, 5.41) is 10.5. The number of nitriles is 1. The first-order chi connectivity index (χ1) is 14.0. The molecule has 148 valence electrons. The molecule has 7 nitrogen and oxygen atoms in total. The summed E-state index contributed by atoms with van der Waals surface area (Å²) >= 11 is 1.40. The Labute approximate surface area is 173 Å². The molecular weight excluding hydrogens is 386 g/mol. The number of nitrogens with zero attached hydrogens (tertiary/aromatic N) is 5. The fourth-order valence-corrected chi connectivity index (χ4v) is 4.45. The Morgan fingerprint density at radius 1 is 1.17 bits per heavy atom. The fourth-order valence-electron chi connectivity index (χ4n) is 3.47. The molecule has 3 heterocycles. The van der Waals surface area contributed by atoms with Crippen molar-refractivity contribution in [3.63, 3.8) is 0 Å². The molecule has 8 heteroatoms. The first-order valence-electron chi connectivity index (χ1n) is 9.35. The van der Waals surface area contributed by atoms with E-state index in [4.69, 9.17) is 14.7 Å². The van der Waals surface area contributed by atoms with Gasteiger partial charge in [-0.15, -0.1) is 11.3 Å². The second-order valence-corrected chi connectivity index (χ2v) is 8.08. The maximum absolute atomic E-state index is 11.7. The van der Waals surface area contributed by atoms with Crippen LogP contribution in [-0.4, -0.2) is 61.2 Å². The Kier molecular flexibility index (Phi) is 5.18. The number of aryl methyl sites for hydroxylation is 1. The molecule has 4 rings (SSSR count). The van der Waals surface area contributed by atoms with Crippen molar-refractivity contribution in [1.82, 2.24) is 14.9 Å². The van der Waals surface area contributed by atoms with Crippen LogP contribution in [0.3, 0.4) is 0 Å². The van der Waals surface area contributed by atoms with E-state index in [0.29, 0.717) is 16.3 Å². The van der Waals surface area contributed by atoms with E-state index in [1.807, 2.05) is 19.1 Å². The predicted octanol–water partition coefficient (Wildman–Crippen LogP) is 3.08. The van der Waals surface area contributed by atoms with Crippen LogP contribution in [0.25, 0.3) is 21.6 Å². The SMILES string of the molecule is COC(=O)c1ccc(-c2nc(N3CCN(C)CC3)c3c(C)c(C#N)sc3n2)cc1.